The number of aromatic nitrogens is 1. The van der Waals surface area contributed by atoms with Gasteiger partial charge in [-0.25, -0.2) is 0 Å². The number of carbonyl (C=O) groups excluding carboxylic acids is 2. The number of fused-ring (bicyclic) bond motifs is 3. The number of nitrogens with zero attached hydrogens (tertiary/aromatic N) is 1. The Morgan fingerprint density at radius 2 is 1.82 bits per heavy atom. The number of rotatable bonds is 7. The average Bonchev–Trinajstić information content (AvgIpc) is 2.95. The van der Waals surface area contributed by atoms with Crippen molar-refractivity contribution in [3.05, 3.63) is 86.8 Å². The van der Waals surface area contributed by atoms with Crippen LogP contribution < -0.4 is 16.6 Å². The van der Waals surface area contributed by atoms with E-state index in [-0.39, 0.29) is 30.8 Å². The van der Waals surface area contributed by atoms with Gasteiger partial charge in [-0.15, -0.1) is 0 Å². The highest BCUT2D eigenvalue weighted by molar-refractivity contribution is 6.30. The summed E-state index contributed by atoms with van der Waals surface area (Å²) in [6.07, 6.45) is 4.60. The quantitative estimate of drug-likeness (QED) is 0.399. The Kier molecular flexibility index (Phi) is 8.66. The van der Waals surface area contributed by atoms with Gasteiger partial charge in [0.05, 0.1) is 25.4 Å². The van der Waals surface area contributed by atoms with Crippen LogP contribution in [0.5, 0.6) is 0 Å². The SMILES string of the molecule is NC(=O)c1ccc(NC(=O)[C@H](C[C@@H]2CCCCO2)n2cc3c(cc2=O)-c2cc(Cl)ccc2C[C@@H](CO)OC3)cc1. The predicted octanol–water partition coefficient (Wildman–Crippen LogP) is 3.84. The highest BCUT2D eigenvalue weighted by Crippen LogP contribution is 2.34. The first kappa shape index (κ1) is 28.0. The number of primary amides is 1. The van der Waals surface area contributed by atoms with Crippen LogP contribution in [0.3, 0.4) is 0 Å². The minimum Gasteiger partial charge on any atom is -0.394 e. The molecule has 3 aromatic rings. The van der Waals surface area contributed by atoms with E-state index in [0.717, 1.165) is 30.4 Å². The summed E-state index contributed by atoms with van der Waals surface area (Å²) < 4.78 is 13.4. The van der Waals surface area contributed by atoms with E-state index in [1.54, 1.807) is 24.4 Å². The van der Waals surface area contributed by atoms with Crippen LogP contribution in [0.4, 0.5) is 5.69 Å². The molecular weight excluding hydrogens is 534 g/mol. The first-order valence-corrected chi connectivity index (χ1v) is 13.8. The molecule has 1 fully saturated rings. The highest BCUT2D eigenvalue weighted by Gasteiger charge is 2.29. The molecule has 2 amide bonds. The number of amides is 2. The summed E-state index contributed by atoms with van der Waals surface area (Å²) in [5.41, 5.74) is 8.89. The topological polar surface area (TPSA) is 133 Å². The van der Waals surface area contributed by atoms with E-state index >= 15 is 0 Å². The third-order valence-corrected chi connectivity index (χ3v) is 7.72. The van der Waals surface area contributed by atoms with E-state index in [1.807, 2.05) is 12.1 Å². The Labute approximate surface area is 236 Å². The van der Waals surface area contributed by atoms with Gasteiger partial charge in [0, 0.05) is 53.5 Å². The van der Waals surface area contributed by atoms with E-state index in [1.165, 1.54) is 22.8 Å². The van der Waals surface area contributed by atoms with E-state index in [0.29, 0.717) is 46.8 Å². The number of pyridine rings is 1. The molecule has 1 saturated heterocycles. The molecule has 3 atom stereocenters. The molecule has 3 heterocycles. The van der Waals surface area contributed by atoms with E-state index in [9.17, 15) is 19.5 Å². The number of nitrogens with one attached hydrogen (secondary N) is 1. The number of hydrogen-bond donors (Lipinski definition) is 3. The fraction of sp³-hybridized carbons (Fsp3) is 0.367. The third-order valence-electron chi connectivity index (χ3n) is 7.49. The maximum Gasteiger partial charge on any atom is 0.251 e. The molecule has 2 aromatic carbocycles. The van der Waals surface area contributed by atoms with Crippen molar-refractivity contribution < 1.29 is 24.2 Å². The van der Waals surface area contributed by atoms with Crippen molar-refractivity contribution >= 4 is 29.1 Å². The van der Waals surface area contributed by atoms with Gasteiger partial charge in [-0.3, -0.25) is 14.4 Å². The largest absolute Gasteiger partial charge is 0.394 e. The molecule has 2 aliphatic heterocycles. The molecule has 9 nitrogen and oxygen atoms in total. The lowest BCUT2D eigenvalue weighted by Gasteiger charge is -2.29. The molecule has 5 rings (SSSR count). The van der Waals surface area contributed by atoms with Crippen molar-refractivity contribution in [2.45, 2.75) is 57.0 Å². The van der Waals surface area contributed by atoms with Gasteiger partial charge >= 0.3 is 0 Å². The molecule has 2 aliphatic rings. The zero-order valence-corrected chi connectivity index (χ0v) is 22.7. The van der Waals surface area contributed by atoms with Crippen molar-refractivity contribution in [1.82, 2.24) is 4.57 Å². The lowest BCUT2D eigenvalue weighted by Crippen LogP contribution is -2.37. The molecule has 4 N–H and O–H groups in total. The molecular formula is C30H32ClN3O6. The van der Waals surface area contributed by atoms with Gasteiger partial charge in [0.15, 0.2) is 0 Å². The van der Waals surface area contributed by atoms with E-state index in [2.05, 4.69) is 5.32 Å². The van der Waals surface area contributed by atoms with Gasteiger partial charge in [-0.1, -0.05) is 17.7 Å². The van der Waals surface area contributed by atoms with Crippen LogP contribution in [0.1, 0.15) is 53.2 Å². The number of hydrogen-bond acceptors (Lipinski definition) is 6. The number of carbonyl (C=O) groups is 2. The summed E-state index contributed by atoms with van der Waals surface area (Å²) >= 11 is 6.33. The minimum atomic E-state index is -0.866. The molecule has 0 unspecified atom stereocenters. The second kappa shape index (κ2) is 12.3. The van der Waals surface area contributed by atoms with Crippen LogP contribution in [-0.4, -0.2) is 46.9 Å². The van der Waals surface area contributed by atoms with Crippen molar-refractivity contribution in [2.75, 3.05) is 18.5 Å². The molecule has 210 valence electrons. The maximum atomic E-state index is 13.7. The summed E-state index contributed by atoms with van der Waals surface area (Å²) in [7, 11) is 0. The summed E-state index contributed by atoms with van der Waals surface area (Å²) in [5, 5.41) is 13.3. The number of aliphatic hydroxyl groups excluding tert-OH is 1. The number of benzene rings is 2. The first-order chi connectivity index (χ1) is 19.3. The Morgan fingerprint density at radius 3 is 2.52 bits per heavy atom. The van der Waals surface area contributed by atoms with Crippen LogP contribution in [0.2, 0.25) is 5.02 Å². The molecule has 0 aliphatic carbocycles. The number of anilines is 1. The molecule has 0 bridgehead atoms. The molecule has 10 heteroatoms. The predicted molar refractivity (Wildman–Crippen MR) is 151 cm³/mol. The van der Waals surface area contributed by atoms with Crippen molar-refractivity contribution in [3.63, 3.8) is 0 Å². The monoisotopic (exact) mass is 565 g/mol. The summed E-state index contributed by atoms with van der Waals surface area (Å²) in [6.45, 7) is 0.603. The van der Waals surface area contributed by atoms with Crippen LogP contribution in [0.15, 0.2) is 59.5 Å². The Hall–Kier alpha value is -3.50. The summed E-state index contributed by atoms with van der Waals surface area (Å²) in [6, 6.07) is 12.4. The van der Waals surface area contributed by atoms with E-state index in [4.69, 9.17) is 26.8 Å². The Morgan fingerprint density at radius 1 is 1.05 bits per heavy atom. The van der Waals surface area contributed by atoms with Gasteiger partial charge in [0.1, 0.15) is 6.04 Å². The fourth-order valence-corrected chi connectivity index (χ4v) is 5.51. The molecule has 0 spiro atoms. The van der Waals surface area contributed by atoms with Crippen LogP contribution >= 0.6 is 11.6 Å². The normalized spacial score (nSPS) is 19.4. The average molecular weight is 566 g/mol. The minimum absolute atomic E-state index is 0.148. The molecule has 40 heavy (non-hydrogen) atoms. The van der Waals surface area contributed by atoms with Crippen LogP contribution in [-0.2, 0) is 27.3 Å². The number of ether oxygens (including phenoxy) is 2. The van der Waals surface area contributed by atoms with Gasteiger partial charge in [-0.2, -0.15) is 0 Å². The highest BCUT2D eigenvalue weighted by atomic mass is 35.5. The Balaban J connectivity index is 1.53. The molecule has 0 saturated carbocycles. The lowest BCUT2D eigenvalue weighted by atomic mass is 9.92. The van der Waals surface area contributed by atoms with Gasteiger partial charge in [0.25, 0.3) is 5.56 Å². The third kappa shape index (κ3) is 6.28. The maximum absolute atomic E-state index is 13.7. The van der Waals surface area contributed by atoms with Gasteiger partial charge in [-0.05, 0) is 72.4 Å². The zero-order chi connectivity index (χ0) is 28.2. The van der Waals surface area contributed by atoms with Gasteiger partial charge < -0.3 is 30.2 Å². The molecule has 1 aromatic heterocycles. The standard InChI is InChI=1S/C30H32ClN3O6/c31-21-7-4-19-11-24(16-35)40-17-20-15-34(28(36)14-26(20)25(19)12-21)27(13-23-3-1-2-10-39-23)30(38)33-22-8-5-18(6-9-22)29(32)37/h4-9,12,14-15,23-24,27,35H,1-3,10-11,13,16-17H2,(H2,32,37)(H,33,38)/t23-,24-,27-/m0/s1. The number of halogens is 1. The van der Waals surface area contributed by atoms with E-state index < -0.39 is 18.1 Å². The van der Waals surface area contributed by atoms with Crippen LogP contribution in [0, 0.1) is 0 Å². The van der Waals surface area contributed by atoms with Crippen molar-refractivity contribution in [2.24, 2.45) is 5.73 Å². The van der Waals surface area contributed by atoms with Gasteiger partial charge in [0.2, 0.25) is 11.8 Å². The Bertz CT molecular complexity index is 1450. The van der Waals surface area contributed by atoms with Crippen LogP contribution in [0.25, 0.3) is 11.1 Å². The van der Waals surface area contributed by atoms with Crippen molar-refractivity contribution in [1.29, 1.82) is 0 Å². The second-order valence-electron chi connectivity index (χ2n) is 10.2. The second-order valence-corrected chi connectivity index (χ2v) is 10.7. The lowest BCUT2D eigenvalue weighted by molar-refractivity contribution is -0.121. The zero-order valence-electron chi connectivity index (χ0n) is 22.0. The van der Waals surface area contributed by atoms with Crippen molar-refractivity contribution in [3.8, 4) is 11.1 Å². The first-order valence-electron chi connectivity index (χ1n) is 13.4. The molecule has 0 radical (unpaired) electrons. The number of nitrogens with two attached hydrogens (primary N) is 1. The summed E-state index contributed by atoms with van der Waals surface area (Å²) in [4.78, 5) is 38.8. The summed E-state index contributed by atoms with van der Waals surface area (Å²) in [5.74, 6) is -0.947. The number of aliphatic hydroxyl groups is 1. The fourth-order valence-electron chi connectivity index (χ4n) is 5.34. The smallest absolute Gasteiger partial charge is 0.251 e.